The number of pyridine rings is 1. The van der Waals surface area contributed by atoms with Gasteiger partial charge in [0.25, 0.3) is 5.91 Å². The van der Waals surface area contributed by atoms with Crippen LogP contribution in [0.25, 0.3) is 11.0 Å². The third kappa shape index (κ3) is 7.06. The third-order valence-electron chi connectivity index (χ3n) is 9.25. The summed E-state index contributed by atoms with van der Waals surface area (Å²) in [6.45, 7) is 6.86. The summed E-state index contributed by atoms with van der Waals surface area (Å²) in [6.07, 6.45) is 2.47. The number of benzene rings is 1. The van der Waals surface area contributed by atoms with Crippen molar-refractivity contribution >= 4 is 16.9 Å². The van der Waals surface area contributed by atoms with Gasteiger partial charge in [0.2, 0.25) is 5.88 Å². The van der Waals surface area contributed by atoms with Gasteiger partial charge in [-0.2, -0.15) is 13.2 Å². The van der Waals surface area contributed by atoms with Gasteiger partial charge in [-0.15, -0.1) is 0 Å². The van der Waals surface area contributed by atoms with Crippen LogP contribution in [-0.4, -0.2) is 94.7 Å². The molecule has 1 aliphatic carbocycles. The second-order valence-corrected chi connectivity index (χ2v) is 12.4. The Morgan fingerprint density at radius 3 is 2.40 bits per heavy atom. The van der Waals surface area contributed by atoms with Gasteiger partial charge in [0.1, 0.15) is 5.52 Å². The van der Waals surface area contributed by atoms with E-state index in [9.17, 15) is 18.0 Å². The standard InChI is InChI=1S/C33H38F4N6O2/c1-21-15-22(3-5-26(21)33(35,36)37)19-42-11-13-43(14-12-42)32(44)31-39-28-17-25(16-27(34)30(28)40-31)24-7-9-41(10-8-24)20-23-4-6-29(45-2)38-18-23/h3-6,16-18,21,24H,7-15,19-20H2,1-2H3,(H,39,40). The zero-order chi connectivity index (χ0) is 31.7. The molecular weight excluding hydrogens is 588 g/mol. The summed E-state index contributed by atoms with van der Waals surface area (Å²) < 4.78 is 59.8. The number of aromatic amines is 1. The highest BCUT2D eigenvalue weighted by Gasteiger charge is 2.38. The van der Waals surface area contributed by atoms with E-state index in [0.717, 1.165) is 49.2 Å². The molecule has 1 atom stereocenters. The number of methoxy groups -OCH3 is 1. The molecule has 2 fully saturated rings. The van der Waals surface area contributed by atoms with Gasteiger partial charge in [0.15, 0.2) is 11.6 Å². The van der Waals surface area contributed by atoms with Crippen LogP contribution in [0.15, 0.2) is 53.8 Å². The Kier molecular flexibility index (Phi) is 8.96. The quantitative estimate of drug-likeness (QED) is 0.340. The number of imidazole rings is 1. The number of amides is 1. The Bertz CT molecular complexity index is 1580. The minimum absolute atomic E-state index is 0.117. The van der Waals surface area contributed by atoms with Crippen molar-refractivity contribution < 1.29 is 27.1 Å². The summed E-state index contributed by atoms with van der Waals surface area (Å²) in [5.41, 5.74) is 3.18. The zero-order valence-corrected chi connectivity index (χ0v) is 25.5. The highest BCUT2D eigenvalue weighted by Crippen LogP contribution is 2.37. The van der Waals surface area contributed by atoms with Crippen LogP contribution in [0.1, 0.15) is 53.8 Å². The van der Waals surface area contributed by atoms with Gasteiger partial charge in [-0.05, 0) is 67.4 Å². The number of fused-ring (bicyclic) bond motifs is 1. The number of piperazine rings is 1. The van der Waals surface area contributed by atoms with Crippen molar-refractivity contribution in [3.8, 4) is 5.88 Å². The first-order valence-electron chi connectivity index (χ1n) is 15.5. The minimum atomic E-state index is -4.30. The zero-order valence-electron chi connectivity index (χ0n) is 25.5. The normalized spacial score (nSPS) is 20.8. The van der Waals surface area contributed by atoms with Crippen LogP contribution in [0.5, 0.6) is 5.88 Å². The number of allylic oxidation sites excluding steroid dienone is 3. The number of rotatable bonds is 7. The lowest BCUT2D eigenvalue weighted by atomic mass is 9.88. The molecule has 3 aliphatic rings. The fourth-order valence-corrected chi connectivity index (χ4v) is 6.72. The maximum Gasteiger partial charge on any atom is 0.412 e. The molecule has 8 nitrogen and oxygen atoms in total. The molecule has 2 saturated heterocycles. The molecule has 0 saturated carbocycles. The molecule has 6 rings (SSSR count). The number of aromatic nitrogens is 3. The summed E-state index contributed by atoms with van der Waals surface area (Å²) in [5, 5.41) is 0. The van der Waals surface area contributed by atoms with Gasteiger partial charge in [0, 0.05) is 57.1 Å². The highest BCUT2D eigenvalue weighted by atomic mass is 19.4. The number of carbonyl (C=O) groups is 1. The van der Waals surface area contributed by atoms with E-state index in [1.807, 2.05) is 24.4 Å². The van der Waals surface area contributed by atoms with Gasteiger partial charge < -0.3 is 14.6 Å². The van der Waals surface area contributed by atoms with Gasteiger partial charge in [-0.3, -0.25) is 14.6 Å². The van der Waals surface area contributed by atoms with Crippen molar-refractivity contribution in [2.75, 3.05) is 52.9 Å². The minimum Gasteiger partial charge on any atom is -0.481 e. The first kappa shape index (κ1) is 31.2. The Labute approximate surface area is 259 Å². The number of piperidine rings is 1. The molecule has 12 heteroatoms. The monoisotopic (exact) mass is 626 g/mol. The largest absolute Gasteiger partial charge is 0.481 e. The fourth-order valence-electron chi connectivity index (χ4n) is 6.72. The molecule has 1 aromatic carbocycles. The van der Waals surface area contributed by atoms with Crippen molar-refractivity contribution in [3.05, 3.63) is 76.5 Å². The predicted molar refractivity (Wildman–Crippen MR) is 162 cm³/mol. The maximum atomic E-state index is 15.2. The third-order valence-corrected chi connectivity index (χ3v) is 9.25. The molecule has 1 unspecified atom stereocenters. The van der Waals surface area contributed by atoms with Crippen LogP contribution < -0.4 is 4.74 Å². The number of alkyl halides is 3. The lowest BCUT2D eigenvalue weighted by Crippen LogP contribution is -2.49. The number of hydrogen-bond donors (Lipinski definition) is 1. The number of ether oxygens (including phenoxy) is 1. The van der Waals surface area contributed by atoms with E-state index in [2.05, 4.69) is 24.8 Å². The number of carbonyl (C=O) groups excluding carboxylic acids is 1. The average molecular weight is 627 g/mol. The van der Waals surface area contributed by atoms with Crippen LogP contribution in [0, 0.1) is 11.7 Å². The second-order valence-electron chi connectivity index (χ2n) is 12.4. The highest BCUT2D eigenvalue weighted by molar-refractivity contribution is 5.94. The van der Waals surface area contributed by atoms with E-state index >= 15 is 4.39 Å². The Morgan fingerprint density at radius 1 is 1.02 bits per heavy atom. The number of H-pyrrole nitrogens is 1. The number of halogens is 4. The molecule has 2 aliphatic heterocycles. The molecule has 1 amide bonds. The molecule has 4 heterocycles. The van der Waals surface area contributed by atoms with E-state index in [4.69, 9.17) is 4.74 Å². The number of likely N-dealkylation sites (tertiary alicyclic amines) is 1. The van der Waals surface area contributed by atoms with E-state index in [-0.39, 0.29) is 23.2 Å². The number of nitrogens with zero attached hydrogens (tertiary/aromatic N) is 5. The molecule has 0 bridgehead atoms. The van der Waals surface area contributed by atoms with Gasteiger partial charge in [-0.1, -0.05) is 30.7 Å². The van der Waals surface area contributed by atoms with Crippen LogP contribution in [0.2, 0.25) is 0 Å². The SMILES string of the molecule is COc1ccc(CN2CCC(c3cc(F)c4nc(C(=O)N5CCN(CC6=CC=C(C(F)(F)F)C(C)C6)CC5)[nH]c4c3)CC2)cn1. The van der Waals surface area contributed by atoms with E-state index in [0.29, 0.717) is 50.5 Å². The number of hydrogen-bond acceptors (Lipinski definition) is 6. The summed E-state index contributed by atoms with van der Waals surface area (Å²) in [4.78, 5) is 31.2. The lowest BCUT2D eigenvalue weighted by Gasteiger charge is -2.35. The predicted octanol–water partition coefficient (Wildman–Crippen LogP) is 5.70. The molecule has 0 spiro atoms. The fraction of sp³-hybridized carbons (Fsp3) is 0.485. The topological polar surface area (TPSA) is 77.6 Å². The molecule has 2 aromatic heterocycles. The first-order chi connectivity index (χ1) is 21.6. The van der Waals surface area contributed by atoms with Crippen LogP contribution >= 0.6 is 0 Å². The molecule has 240 valence electrons. The Hall–Kier alpha value is -3.77. The van der Waals surface area contributed by atoms with E-state index in [1.165, 1.54) is 6.08 Å². The Morgan fingerprint density at radius 2 is 1.76 bits per heavy atom. The molecule has 3 aromatic rings. The molecule has 0 radical (unpaired) electrons. The second kappa shape index (κ2) is 12.9. The number of nitrogens with one attached hydrogen (secondary N) is 1. The van der Waals surface area contributed by atoms with Gasteiger partial charge in [0.05, 0.1) is 12.6 Å². The summed E-state index contributed by atoms with van der Waals surface area (Å²) in [6, 6.07) is 7.35. The lowest BCUT2D eigenvalue weighted by molar-refractivity contribution is -0.0986. The van der Waals surface area contributed by atoms with Crippen molar-refractivity contribution in [3.63, 3.8) is 0 Å². The molecule has 45 heavy (non-hydrogen) atoms. The molecule has 1 N–H and O–H groups in total. The van der Waals surface area contributed by atoms with Gasteiger partial charge >= 0.3 is 6.18 Å². The first-order valence-corrected chi connectivity index (χ1v) is 15.5. The Balaban J connectivity index is 1.04. The summed E-state index contributed by atoms with van der Waals surface area (Å²) in [7, 11) is 1.60. The van der Waals surface area contributed by atoms with E-state index < -0.39 is 23.5 Å². The van der Waals surface area contributed by atoms with Crippen molar-refractivity contribution in [1.29, 1.82) is 0 Å². The smallest absolute Gasteiger partial charge is 0.412 e. The van der Waals surface area contributed by atoms with E-state index in [1.54, 1.807) is 31.1 Å². The summed E-state index contributed by atoms with van der Waals surface area (Å²) in [5.74, 6) is -0.373. The van der Waals surface area contributed by atoms with Crippen LogP contribution in [-0.2, 0) is 6.54 Å². The van der Waals surface area contributed by atoms with Gasteiger partial charge in [-0.25, -0.2) is 14.4 Å². The average Bonchev–Trinajstić information content (AvgIpc) is 3.46. The molecular formula is C33H38F4N6O2. The van der Waals surface area contributed by atoms with Crippen molar-refractivity contribution in [2.45, 2.75) is 44.8 Å². The maximum absolute atomic E-state index is 15.2. The van der Waals surface area contributed by atoms with Crippen molar-refractivity contribution in [1.82, 2.24) is 29.7 Å². The van der Waals surface area contributed by atoms with Crippen LogP contribution in [0.3, 0.4) is 0 Å². The van der Waals surface area contributed by atoms with Crippen molar-refractivity contribution in [2.24, 2.45) is 5.92 Å². The van der Waals surface area contributed by atoms with Crippen LogP contribution in [0.4, 0.5) is 17.6 Å². The summed E-state index contributed by atoms with van der Waals surface area (Å²) >= 11 is 0.